The summed E-state index contributed by atoms with van der Waals surface area (Å²) in [5.41, 5.74) is 5.06. The highest BCUT2D eigenvalue weighted by Crippen LogP contribution is 2.16. The monoisotopic (exact) mass is 172 g/mol. The van der Waals surface area contributed by atoms with Gasteiger partial charge in [0.15, 0.2) is 0 Å². The van der Waals surface area contributed by atoms with Crippen LogP contribution in [0.1, 0.15) is 26.2 Å². The van der Waals surface area contributed by atoms with Crippen LogP contribution in [0.2, 0.25) is 0 Å². The van der Waals surface area contributed by atoms with Gasteiger partial charge in [-0.2, -0.15) is 0 Å². The van der Waals surface area contributed by atoms with Crippen molar-refractivity contribution in [3.05, 3.63) is 0 Å². The number of carbonyl (C=O) groups excluding carboxylic acids is 1. The Balaban J connectivity index is 3.88. The number of nitrogens with zero attached hydrogens (tertiary/aromatic N) is 1. The molecular weight excluding hydrogens is 152 g/mol. The molecule has 1 atom stereocenters. The summed E-state index contributed by atoms with van der Waals surface area (Å²) in [6.45, 7) is 2.67. The van der Waals surface area contributed by atoms with Gasteiger partial charge in [-0.3, -0.25) is 4.90 Å². The molecule has 0 aromatic rings. The summed E-state index contributed by atoms with van der Waals surface area (Å²) in [6, 6.07) is 0. The van der Waals surface area contributed by atoms with Crippen molar-refractivity contribution in [1.82, 2.24) is 4.90 Å². The quantitative estimate of drug-likeness (QED) is 0.472. The Hall–Kier alpha value is -0.410. The second-order valence-corrected chi connectivity index (χ2v) is 3.62. The molecule has 72 valence electrons. The molecule has 3 nitrogen and oxygen atoms in total. The van der Waals surface area contributed by atoms with Gasteiger partial charge in [0.05, 0.1) is 5.54 Å². The summed E-state index contributed by atoms with van der Waals surface area (Å²) in [7, 11) is 3.85. The Bertz CT molecular complexity index is 136. The summed E-state index contributed by atoms with van der Waals surface area (Å²) in [5.74, 6) is 0. The Kier molecular flexibility index (Phi) is 5.09. The van der Waals surface area contributed by atoms with Crippen LogP contribution >= 0.6 is 0 Å². The van der Waals surface area contributed by atoms with Gasteiger partial charge in [-0.15, -0.1) is 0 Å². The van der Waals surface area contributed by atoms with E-state index in [1.807, 2.05) is 25.9 Å². The molecule has 0 heterocycles. The van der Waals surface area contributed by atoms with Gasteiger partial charge in [-0.1, -0.05) is 0 Å². The first-order valence-corrected chi connectivity index (χ1v) is 4.40. The predicted molar refractivity (Wildman–Crippen MR) is 51.1 cm³/mol. The molecule has 0 aliphatic heterocycles. The zero-order chi connectivity index (χ0) is 9.61. The fraction of sp³-hybridized carbons (Fsp3) is 0.889. The molecular formula is C9H20N2O. The van der Waals surface area contributed by atoms with Crippen molar-refractivity contribution in [3.8, 4) is 0 Å². The molecule has 1 unspecified atom stereocenters. The Morgan fingerprint density at radius 3 is 2.33 bits per heavy atom. The van der Waals surface area contributed by atoms with Crippen molar-refractivity contribution >= 4 is 6.29 Å². The summed E-state index contributed by atoms with van der Waals surface area (Å²) in [4.78, 5) is 12.7. The zero-order valence-electron chi connectivity index (χ0n) is 8.34. The third-order valence-electron chi connectivity index (χ3n) is 2.41. The average Bonchev–Trinajstić information content (AvgIpc) is 2.04. The number of hydrogen-bond acceptors (Lipinski definition) is 3. The molecule has 0 radical (unpaired) electrons. The molecule has 0 aromatic heterocycles. The molecule has 3 heteroatoms. The maximum Gasteiger partial charge on any atom is 0.139 e. The van der Waals surface area contributed by atoms with Gasteiger partial charge in [-0.25, -0.2) is 0 Å². The normalized spacial score (nSPS) is 16.1. The molecule has 2 N–H and O–H groups in total. The maximum absolute atomic E-state index is 10.8. The molecule has 0 amide bonds. The predicted octanol–water partition coefficient (Wildman–Crippen LogP) is 0.635. The summed E-state index contributed by atoms with van der Waals surface area (Å²) in [6.07, 6.45) is 3.92. The molecule has 0 spiro atoms. The largest absolute Gasteiger partial charge is 0.330 e. The molecule has 0 aromatic carbocycles. The minimum Gasteiger partial charge on any atom is -0.330 e. The molecule has 0 rings (SSSR count). The van der Waals surface area contributed by atoms with Crippen LogP contribution in [0, 0.1) is 0 Å². The lowest BCUT2D eigenvalue weighted by atomic mass is 9.95. The van der Waals surface area contributed by atoms with Crippen molar-refractivity contribution in [2.45, 2.75) is 31.7 Å². The fourth-order valence-corrected chi connectivity index (χ4v) is 1.02. The van der Waals surface area contributed by atoms with Gasteiger partial charge >= 0.3 is 0 Å². The lowest BCUT2D eigenvalue weighted by molar-refractivity contribution is -0.116. The minimum absolute atomic E-state index is 0.310. The lowest BCUT2D eigenvalue weighted by Gasteiger charge is -2.30. The SMILES string of the molecule is CN(C)C(C)(C=O)CCCCN. The summed E-state index contributed by atoms with van der Waals surface area (Å²) < 4.78 is 0. The number of likely N-dealkylation sites (N-methyl/N-ethyl adjacent to an activating group) is 1. The molecule has 0 aliphatic rings. The third kappa shape index (κ3) is 3.32. The van der Waals surface area contributed by atoms with Gasteiger partial charge in [0, 0.05) is 0 Å². The molecule has 0 bridgehead atoms. The fourth-order valence-electron chi connectivity index (χ4n) is 1.02. The van der Waals surface area contributed by atoms with Crippen LogP contribution in [0.5, 0.6) is 0 Å². The van der Waals surface area contributed by atoms with Crippen molar-refractivity contribution < 1.29 is 4.79 Å². The van der Waals surface area contributed by atoms with E-state index in [0.29, 0.717) is 6.54 Å². The molecule has 0 aliphatic carbocycles. The summed E-state index contributed by atoms with van der Waals surface area (Å²) >= 11 is 0. The van der Waals surface area contributed by atoms with Gasteiger partial charge < -0.3 is 10.5 Å². The highest BCUT2D eigenvalue weighted by Gasteiger charge is 2.24. The molecule has 0 fully saturated rings. The first kappa shape index (κ1) is 11.6. The minimum atomic E-state index is -0.310. The van der Waals surface area contributed by atoms with Gasteiger partial charge in [0.1, 0.15) is 6.29 Å². The van der Waals surface area contributed by atoms with Crippen molar-refractivity contribution in [2.24, 2.45) is 5.73 Å². The van der Waals surface area contributed by atoms with E-state index in [1.54, 1.807) is 0 Å². The molecule has 12 heavy (non-hydrogen) atoms. The maximum atomic E-state index is 10.8. The van der Waals surface area contributed by atoms with Crippen molar-refractivity contribution in [3.63, 3.8) is 0 Å². The summed E-state index contributed by atoms with van der Waals surface area (Å²) in [5, 5.41) is 0. The Labute approximate surface area is 74.9 Å². The van der Waals surface area contributed by atoms with E-state index < -0.39 is 0 Å². The topological polar surface area (TPSA) is 46.3 Å². The van der Waals surface area contributed by atoms with Crippen molar-refractivity contribution in [1.29, 1.82) is 0 Å². The van der Waals surface area contributed by atoms with Crippen LogP contribution in [0.3, 0.4) is 0 Å². The van der Waals surface area contributed by atoms with Crippen LogP contribution in [0.25, 0.3) is 0 Å². The van der Waals surface area contributed by atoms with Gasteiger partial charge in [0.2, 0.25) is 0 Å². The third-order valence-corrected chi connectivity index (χ3v) is 2.41. The molecule has 0 saturated carbocycles. The second kappa shape index (κ2) is 5.27. The second-order valence-electron chi connectivity index (χ2n) is 3.62. The van der Waals surface area contributed by atoms with E-state index in [4.69, 9.17) is 5.73 Å². The lowest BCUT2D eigenvalue weighted by Crippen LogP contribution is -2.42. The number of unbranched alkanes of at least 4 members (excludes halogenated alkanes) is 1. The first-order chi connectivity index (χ1) is 5.56. The number of carbonyl (C=O) groups is 1. The van der Waals surface area contributed by atoms with Crippen LogP contribution < -0.4 is 5.73 Å². The Morgan fingerprint density at radius 1 is 1.42 bits per heavy atom. The highest BCUT2D eigenvalue weighted by molar-refractivity contribution is 5.63. The standard InChI is InChI=1S/C9H20N2O/c1-9(8-12,11(2)3)6-4-5-7-10/h8H,4-7,10H2,1-3H3. The number of aldehydes is 1. The average molecular weight is 172 g/mol. The number of rotatable bonds is 6. The van der Waals surface area contributed by atoms with Gasteiger partial charge in [-0.05, 0) is 46.8 Å². The Morgan fingerprint density at radius 2 is 2.00 bits per heavy atom. The first-order valence-electron chi connectivity index (χ1n) is 4.40. The molecule has 0 saturated heterocycles. The van der Waals surface area contributed by atoms with Crippen molar-refractivity contribution in [2.75, 3.05) is 20.6 Å². The van der Waals surface area contributed by atoms with E-state index >= 15 is 0 Å². The van der Waals surface area contributed by atoms with E-state index in [0.717, 1.165) is 25.5 Å². The van der Waals surface area contributed by atoms with Crippen LogP contribution in [-0.2, 0) is 4.79 Å². The van der Waals surface area contributed by atoms with E-state index in [-0.39, 0.29) is 5.54 Å². The van der Waals surface area contributed by atoms with Gasteiger partial charge in [0.25, 0.3) is 0 Å². The van der Waals surface area contributed by atoms with Crippen LogP contribution in [0.4, 0.5) is 0 Å². The van der Waals surface area contributed by atoms with E-state index in [1.165, 1.54) is 0 Å². The van der Waals surface area contributed by atoms with Crippen LogP contribution in [0.15, 0.2) is 0 Å². The zero-order valence-corrected chi connectivity index (χ0v) is 8.34. The highest BCUT2D eigenvalue weighted by atomic mass is 16.1. The number of hydrogen-bond donors (Lipinski definition) is 1. The van der Waals surface area contributed by atoms with E-state index in [2.05, 4.69) is 0 Å². The van der Waals surface area contributed by atoms with Crippen LogP contribution in [-0.4, -0.2) is 37.4 Å². The number of nitrogens with two attached hydrogens (primary N) is 1. The smallest absolute Gasteiger partial charge is 0.139 e. The van der Waals surface area contributed by atoms with E-state index in [9.17, 15) is 4.79 Å².